The number of allylic oxidation sites excluding steroid dienone is 2. The molecule has 0 fully saturated rings. The SMILES string of the molecule is CC(C)(CC1=C(c2cc3c(Cl)ccc(F)c3cn2)CC(C2=CCNCC2)C=N1)C(=O)O. The van der Waals surface area contributed by atoms with E-state index in [4.69, 9.17) is 16.6 Å². The monoisotopic (exact) mass is 441 g/mol. The number of rotatable bonds is 5. The Hall–Kier alpha value is -2.57. The first-order valence-electron chi connectivity index (χ1n) is 10.4. The predicted octanol–water partition coefficient (Wildman–Crippen LogP) is 5.25. The number of nitrogens with one attached hydrogen (secondary N) is 1. The van der Waals surface area contributed by atoms with Gasteiger partial charge < -0.3 is 10.4 Å². The summed E-state index contributed by atoms with van der Waals surface area (Å²) in [7, 11) is 0. The Morgan fingerprint density at radius 3 is 2.87 bits per heavy atom. The highest BCUT2D eigenvalue weighted by molar-refractivity contribution is 6.35. The minimum Gasteiger partial charge on any atom is -0.481 e. The second-order valence-electron chi connectivity index (χ2n) is 8.76. The molecule has 0 aliphatic carbocycles. The lowest BCUT2D eigenvalue weighted by atomic mass is 9.81. The molecule has 0 saturated heterocycles. The molecule has 2 N–H and O–H groups in total. The summed E-state index contributed by atoms with van der Waals surface area (Å²) in [5, 5.41) is 14.3. The molecule has 162 valence electrons. The van der Waals surface area contributed by atoms with Crippen LogP contribution in [0.25, 0.3) is 16.3 Å². The summed E-state index contributed by atoms with van der Waals surface area (Å²) in [6.07, 6.45) is 7.52. The first-order chi connectivity index (χ1) is 14.8. The average molecular weight is 442 g/mol. The zero-order valence-corrected chi connectivity index (χ0v) is 18.3. The van der Waals surface area contributed by atoms with Crippen LogP contribution in [0.2, 0.25) is 5.02 Å². The van der Waals surface area contributed by atoms with E-state index in [2.05, 4.69) is 16.4 Å². The summed E-state index contributed by atoms with van der Waals surface area (Å²) in [6.45, 7) is 5.14. The van der Waals surface area contributed by atoms with Crippen LogP contribution in [0.3, 0.4) is 0 Å². The summed E-state index contributed by atoms with van der Waals surface area (Å²) in [6, 6.07) is 4.66. The van der Waals surface area contributed by atoms with Gasteiger partial charge in [-0.3, -0.25) is 14.8 Å². The molecule has 1 unspecified atom stereocenters. The van der Waals surface area contributed by atoms with Crippen LogP contribution in [0.15, 0.2) is 46.7 Å². The van der Waals surface area contributed by atoms with Gasteiger partial charge >= 0.3 is 5.97 Å². The van der Waals surface area contributed by atoms with E-state index in [1.54, 1.807) is 19.9 Å². The van der Waals surface area contributed by atoms with E-state index in [1.165, 1.54) is 23.9 Å². The Morgan fingerprint density at radius 1 is 1.35 bits per heavy atom. The number of aliphatic imine (C=N–C) groups is 1. The molecule has 2 aliphatic heterocycles. The number of carbonyl (C=O) groups is 1. The second-order valence-corrected chi connectivity index (χ2v) is 9.16. The Morgan fingerprint density at radius 2 is 2.16 bits per heavy atom. The third-order valence-electron chi connectivity index (χ3n) is 6.05. The minimum absolute atomic E-state index is 0.134. The van der Waals surface area contributed by atoms with Crippen LogP contribution in [-0.2, 0) is 4.79 Å². The van der Waals surface area contributed by atoms with Gasteiger partial charge in [0.2, 0.25) is 0 Å². The Kier molecular flexibility index (Phi) is 5.95. The Balaban J connectivity index is 1.80. The van der Waals surface area contributed by atoms with Crippen LogP contribution in [0, 0.1) is 17.2 Å². The van der Waals surface area contributed by atoms with Crippen molar-refractivity contribution in [1.29, 1.82) is 0 Å². The predicted molar refractivity (Wildman–Crippen MR) is 122 cm³/mol. The largest absolute Gasteiger partial charge is 0.481 e. The van der Waals surface area contributed by atoms with Gasteiger partial charge in [-0.05, 0) is 51.4 Å². The summed E-state index contributed by atoms with van der Waals surface area (Å²) in [5.41, 5.74) is 2.61. The highest BCUT2D eigenvalue weighted by Crippen LogP contribution is 2.39. The first kappa shape index (κ1) is 21.7. The third-order valence-corrected chi connectivity index (χ3v) is 6.38. The van der Waals surface area contributed by atoms with E-state index >= 15 is 0 Å². The number of aliphatic carboxylic acids is 1. The lowest BCUT2D eigenvalue weighted by Gasteiger charge is -2.28. The van der Waals surface area contributed by atoms with Crippen LogP contribution < -0.4 is 5.32 Å². The molecule has 0 saturated carbocycles. The van der Waals surface area contributed by atoms with Gasteiger partial charge in [0, 0.05) is 58.4 Å². The van der Waals surface area contributed by atoms with Crippen molar-refractivity contribution >= 4 is 40.1 Å². The quantitative estimate of drug-likeness (QED) is 0.621. The standard InChI is InChI=1S/C24H25ClFN3O2/c1-24(2,23(30)31)11-22-17(9-15(12-28-22)14-5-7-27-8-6-14)21-10-16-18(13-29-21)20(26)4-3-19(16)25/h3-5,10,12-13,15,27H,6-9,11H2,1-2H3,(H,30,31). The van der Waals surface area contributed by atoms with Gasteiger partial charge in [-0.25, -0.2) is 4.39 Å². The van der Waals surface area contributed by atoms with E-state index < -0.39 is 11.4 Å². The number of hydrogen-bond acceptors (Lipinski definition) is 4. The summed E-state index contributed by atoms with van der Waals surface area (Å²) in [5.74, 6) is -1.12. The van der Waals surface area contributed by atoms with Crippen LogP contribution in [0.5, 0.6) is 0 Å². The van der Waals surface area contributed by atoms with Gasteiger partial charge in [0.15, 0.2) is 0 Å². The molecule has 3 heterocycles. The molecule has 4 rings (SSSR count). The average Bonchev–Trinajstić information content (AvgIpc) is 2.77. The van der Waals surface area contributed by atoms with Crippen molar-refractivity contribution < 1.29 is 14.3 Å². The number of benzene rings is 1. The van der Waals surface area contributed by atoms with Crippen molar-refractivity contribution in [3.8, 4) is 0 Å². The van der Waals surface area contributed by atoms with Gasteiger partial charge in [0.05, 0.1) is 11.1 Å². The fourth-order valence-corrected chi connectivity index (χ4v) is 4.30. The summed E-state index contributed by atoms with van der Waals surface area (Å²) < 4.78 is 14.2. The van der Waals surface area contributed by atoms with Gasteiger partial charge in [-0.1, -0.05) is 23.3 Å². The number of pyridine rings is 1. The molecule has 7 heteroatoms. The van der Waals surface area contributed by atoms with Gasteiger partial charge in [0.1, 0.15) is 5.82 Å². The molecular weight excluding hydrogens is 417 g/mol. The van der Waals surface area contributed by atoms with Crippen molar-refractivity contribution in [3.05, 3.63) is 58.3 Å². The molecule has 5 nitrogen and oxygen atoms in total. The Labute approximate surface area is 185 Å². The first-order valence-corrected chi connectivity index (χ1v) is 10.8. The smallest absolute Gasteiger partial charge is 0.309 e. The third kappa shape index (κ3) is 4.41. The molecule has 1 atom stereocenters. The number of carboxylic acid groups (broad SMARTS) is 1. The molecule has 1 aromatic heterocycles. The minimum atomic E-state index is -0.973. The molecule has 31 heavy (non-hydrogen) atoms. The highest BCUT2D eigenvalue weighted by Gasteiger charge is 2.32. The number of hydrogen-bond donors (Lipinski definition) is 2. The molecule has 1 aromatic carbocycles. The molecule has 2 aliphatic rings. The maximum atomic E-state index is 14.2. The lowest BCUT2D eigenvalue weighted by molar-refractivity contribution is -0.146. The molecule has 0 amide bonds. The molecule has 2 aromatic rings. The van der Waals surface area contributed by atoms with Crippen LogP contribution in [-0.4, -0.2) is 35.4 Å². The van der Waals surface area contributed by atoms with E-state index in [9.17, 15) is 14.3 Å². The fraction of sp³-hybridized carbons (Fsp3) is 0.375. The molecule has 0 spiro atoms. The van der Waals surface area contributed by atoms with Crippen molar-refractivity contribution in [2.45, 2.75) is 33.1 Å². The molecular formula is C24H25ClFN3O2. The second kappa shape index (κ2) is 8.52. The number of halogens is 2. The van der Waals surface area contributed by atoms with Gasteiger partial charge in [-0.15, -0.1) is 0 Å². The normalized spacial score (nSPS) is 19.6. The number of carboxylic acids is 1. The maximum absolute atomic E-state index is 14.2. The number of fused-ring (bicyclic) bond motifs is 1. The lowest BCUT2D eigenvalue weighted by Crippen LogP contribution is -2.27. The van der Waals surface area contributed by atoms with Crippen molar-refractivity contribution in [1.82, 2.24) is 10.3 Å². The van der Waals surface area contributed by atoms with Gasteiger partial charge in [-0.2, -0.15) is 0 Å². The molecule has 0 radical (unpaired) electrons. The Bertz CT molecular complexity index is 1140. The highest BCUT2D eigenvalue weighted by atomic mass is 35.5. The van der Waals surface area contributed by atoms with Crippen molar-refractivity contribution in [2.75, 3.05) is 13.1 Å². The van der Waals surface area contributed by atoms with Crippen molar-refractivity contribution in [3.63, 3.8) is 0 Å². The van der Waals surface area contributed by atoms with Crippen LogP contribution in [0.1, 0.15) is 38.8 Å². The van der Waals surface area contributed by atoms with Crippen LogP contribution >= 0.6 is 11.6 Å². The zero-order valence-electron chi connectivity index (χ0n) is 17.6. The topological polar surface area (TPSA) is 74.6 Å². The van der Waals surface area contributed by atoms with Crippen molar-refractivity contribution in [2.24, 2.45) is 16.3 Å². The zero-order chi connectivity index (χ0) is 22.2. The van der Waals surface area contributed by atoms with Crippen LogP contribution in [0.4, 0.5) is 4.39 Å². The van der Waals surface area contributed by atoms with E-state index in [0.29, 0.717) is 33.6 Å². The van der Waals surface area contributed by atoms with E-state index in [0.717, 1.165) is 25.1 Å². The number of aromatic nitrogens is 1. The summed E-state index contributed by atoms with van der Waals surface area (Å²) in [4.78, 5) is 21.0. The maximum Gasteiger partial charge on any atom is 0.309 e. The van der Waals surface area contributed by atoms with Gasteiger partial charge in [0.25, 0.3) is 0 Å². The fourth-order valence-electron chi connectivity index (χ4n) is 4.09. The van der Waals surface area contributed by atoms with E-state index in [1.807, 2.05) is 6.21 Å². The molecule has 0 bridgehead atoms. The number of nitrogens with zero attached hydrogens (tertiary/aromatic N) is 2. The van der Waals surface area contributed by atoms with E-state index in [-0.39, 0.29) is 18.2 Å². The summed E-state index contributed by atoms with van der Waals surface area (Å²) >= 11 is 6.34.